The molecule has 18 heavy (non-hydrogen) atoms. The zero-order valence-electron chi connectivity index (χ0n) is 9.80. The van der Waals surface area contributed by atoms with Crippen LogP contribution in [0.25, 0.3) is 0 Å². The van der Waals surface area contributed by atoms with Crippen molar-refractivity contribution in [3.63, 3.8) is 0 Å². The highest BCUT2D eigenvalue weighted by molar-refractivity contribution is 8.00. The first-order valence-corrected chi connectivity index (χ1v) is 6.35. The van der Waals surface area contributed by atoms with Gasteiger partial charge in [-0.3, -0.25) is 19.7 Å². The van der Waals surface area contributed by atoms with Crippen molar-refractivity contribution < 1.29 is 19.5 Å². The third-order valence-electron chi connectivity index (χ3n) is 2.06. The van der Waals surface area contributed by atoms with E-state index in [-0.39, 0.29) is 17.4 Å². The maximum Gasteiger partial charge on any atom is 0.304 e. The van der Waals surface area contributed by atoms with E-state index in [1.165, 1.54) is 11.8 Å². The minimum atomic E-state index is -0.905. The number of hydrogen-bond acceptors (Lipinski definition) is 4. The highest BCUT2D eigenvalue weighted by Gasteiger charge is 2.13. The number of aromatic nitrogens is 1. The second kappa shape index (κ2) is 6.85. The Bertz CT molecular complexity index is 430. The first kappa shape index (κ1) is 14.3. The molecule has 6 nitrogen and oxygen atoms in total. The van der Waals surface area contributed by atoms with Gasteiger partial charge in [0.25, 0.3) is 5.91 Å². The molecule has 0 bridgehead atoms. The molecule has 0 fully saturated rings. The van der Waals surface area contributed by atoms with Gasteiger partial charge in [0.2, 0.25) is 5.91 Å². The molecule has 1 rings (SSSR count). The van der Waals surface area contributed by atoms with Crippen LogP contribution in [0.2, 0.25) is 0 Å². The number of hydrogen-bond donors (Lipinski definition) is 3. The number of carbonyl (C=O) groups is 3. The van der Waals surface area contributed by atoms with Crippen molar-refractivity contribution in [2.45, 2.75) is 18.6 Å². The van der Waals surface area contributed by atoms with E-state index in [9.17, 15) is 14.4 Å². The molecule has 3 N–H and O–H groups in total. The van der Waals surface area contributed by atoms with E-state index in [2.05, 4.69) is 10.3 Å². The predicted molar refractivity (Wildman–Crippen MR) is 67.4 cm³/mol. The van der Waals surface area contributed by atoms with Crippen molar-refractivity contribution in [2.75, 3.05) is 5.75 Å². The zero-order chi connectivity index (χ0) is 13.5. The van der Waals surface area contributed by atoms with E-state index in [0.29, 0.717) is 5.69 Å². The maximum absolute atomic E-state index is 11.5. The Kier molecular flexibility index (Phi) is 5.44. The lowest BCUT2D eigenvalue weighted by molar-refractivity contribution is -0.136. The number of carboxylic acids is 1. The third kappa shape index (κ3) is 5.05. The molecule has 1 aromatic rings. The normalized spacial score (nSPS) is 11.8. The number of imide groups is 1. The van der Waals surface area contributed by atoms with Crippen molar-refractivity contribution in [1.82, 2.24) is 10.3 Å². The first-order chi connectivity index (χ1) is 8.49. The largest absolute Gasteiger partial charge is 0.481 e. The smallest absolute Gasteiger partial charge is 0.304 e. The fourth-order valence-electron chi connectivity index (χ4n) is 1.22. The lowest BCUT2D eigenvalue weighted by Crippen LogP contribution is -2.32. The van der Waals surface area contributed by atoms with Gasteiger partial charge in [-0.1, -0.05) is 6.92 Å². The van der Waals surface area contributed by atoms with E-state index in [1.807, 2.05) is 0 Å². The minimum Gasteiger partial charge on any atom is -0.481 e. The van der Waals surface area contributed by atoms with E-state index >= 15 is 0 Å². The Morgan fingerprint density at radius 1 is 1.50 bits per heavy atom. The van der Waals surface area contributed by atoms with Gasteiger partial charge < -0.3 is 10.1 Å². The Labute approximate surface area is 108 Å². The second-order valence-corrected chi connectivity index (χ2v) is 5.11. The number of carboxylic acid groups (broad SMARTS) is 1. The molecular weight excluding hydrogens is 256 g/mol. The molecule has 0 radical (unpaired) electrons. The van der Waals surface area contributed by atoms with Crippen LogP contribution in [0.5, 0.6) is 0 Å². The first-order valence-electron chi connectivity index (χ1n) is 5.30. The summed E-state index contributed by atoms with van der Waals surface area (Å²) in [5, 5.41) is 10.6. The lowest BCUT2D eigenvalue weighted by atomic mass is 10.3. The Morgan fingerprint density at radius 3 is 2.78 bits per heavy atom. The molecule has 0 aliphatic heterocycles. The second-order valence-electron chi connectivity index (χ2n) is 3.68. The fourth-order valence-corrected chi connectivity index (χ4v) is 1.99. The lowest BCUT2D eigenvalue weighted by Gasteiger charge is -2.07. The molecule has 0 spiro atoms. The van der Waals surface area contributed by atoms with Gasteiger partial charge in [-0.25, -0.2) is 0 Å². The predicted octanol–water partition coefficient (Wildman–Crippen LogP) is 0.867. The van der Waals surface area contributed by atoms with Gasteiger partial charge >= 0.3 is 5.97 Å². The van der Waals surface area contributed by atoms with Crippen LogP contribution in [0, 0.1) is 0 Å². The average Bonchev–Trinajstić information content (AvgIpc) is 2.78. The monoisotopic (exact) mass is 270 g/mol. The highest BCUT2D eigenvalue weighted by atomic mass is 32.2. The van der Waals surface area contributed by atoms with Crippen LogP contribution in [-0.2, 0) is 9.59 Å². The van der Waals surface area contributed by atoms with Gasteiger partial charge in [0.1, 0.15) is 5.69 Å². The number of carbonyl (C=O) groups excluding carboxylic acids is 2. The van der Waals surface area contributed by atoms with E-state index in [0.717, 1.165) is 0 Å². The average molecular weight is 270 g/mol. The van der Waals surface area contributed by atoms with Crippen molar-refractivity contribution in [2.24, 2.45) is 0 Å². The summed E-state index contributed by atoms with van der Waals surface area (Å²) in [7, 11) is 0. The molecule has 1 heterocycles. The molecule has 1 atom stereocenters. The zero-order valence-corrected chi connectivity index (χ0v) is 10.6. The Balaban J connectivity index is 2.30. The van der Waals surface area contributed by atoms with Gasteiger partial charge in [0, 0.05) is 11.4 Å². The number of aromatic amines is 1. The molecule has 7 heteroatoms. The van der Waals surface area contributed by atoms with E-state index < -0.39 is 17.8 Å². The fraction of sp³-hybridized carbons (Fsp3) is 0.364. The van der Waals surface area contributed by atoms with E-state index in [1.54, 1.807) is 25.3 Å². The number of rotatable bonds is 6. The molecular formula is C11H14N2O4S. The SMILES string of the molecule is CC(CC(=O)O)SCC(=O)NC(=O)c1ccc[nH]1. The molecule has 98 valence electrons. The molecule has 1 aromatic heterocycles. The summed E-state index contributed by atoms with van der Waals surface area (Å²) in [6, 6.07) is 3.21. The number of thioether (sulfide) groups is 1. The van der Waals surface area contributed by atoms with Gasteiger partial charge in [-0.2, -0.15) is 0 Å². The molecule has 0 saturated heterocycles. The third-order valence-corrected chi connectivity index (χ3v) is 3.22. The number of nitrogens with one attached hydrogen (secondary N) is 2. The molecule has 0 aliphatic carbocycles. The molecule has 2 amide bonds. The van der Waals surface area contributed by atoms with Crippen LogP contribution >= 0.6 is 11.8 Å². The molecule has 0 aromatic carbocycles. The summed E-state index contributed by atoms with van der Waals surface area (Å²) in [5.74, 6) is -1.77. The van der Waals surface area contributed by atoms with Gasteiger partial charge in [-0.15, -0.1) is 11.8 Å². The standard InChI is InChI=1S/C11H14N2O4S/c1-7(5-10(15)16)18-6-9(14)13-11(17)8-3-2-4-12-8/h2-4,7,12H,5-6H2,1H3,(H,15,16)(H,13,14,17). The van der Waals surface area contributed by atoms with Crippen molar-refractivity contribution in [3.05, 3.63) is 24.0 Å². The van der Waals surface area contributed by atoms with Crippen LogP contribution < -0.4 is 5.32 Å². The summed E-state index contributed by atoms with van der Waals surface area (Å²) >= 11 is 1.20. The van der Waals surface area contributed by atoms with Crippen molar-refractivity contribution in [1.29, 1.82) is 0 Å². The van der Waals surface area contributed by atoms with Gasteiger partial charge in [0.15, 0.2) is 0 Å². The number of H-pyrrole nitrogens is 1. The Hall–Kier alpha value is -1.76. The molecule has 1 unspecified atom stereocenters. The van der Waals surface area contributed by atoms with Crippen LogP contribution in [0.3, 0.4) is 0 Å². The number of aliphatic carboxylic acids is 1. The van der Waals surface area contributed by atoms with Crippen molar-refractivity contribution in [3.8, 4) is 0 Å². The highest BCUT2D eigenvalue weighted by Crippen LogP contribution is 2.13. The quantitative estimate of drug-likeness (QED) is 0.712. The van der Waals surface area contributed by atoms with Crippen LogP contribution in [-0.4, -0.2) is 38.9 Å². The summed E-state index contributed by atoms with van der Waals surface area (Å²) < 4.78 is 0. The summed E-state index contributed by atoms with van der Waals surface area (Å²) in [4.78, 5) is 36.0. The molecule has 0 saturated carbocycles. The topological polar surface area (TPSA) is 99.3 Å². The summed E-state index contributed by atoms with van der Waals surface area (Å²) in [6.07, 6.45) is 1.57. The Morgan fingerprint density at radius 2 is 2.22 bits per heavy atom. The minimum absolute atomic E-state index is 0.0114. The number of amides is 2. The van der Waals surface area contributed by atoms with Crippen LogP contribution in [0.15, 0.2) is 18.3 Å². The van der Waals surface area contributed by atoms with Gasteiger partial charge in [-0.05, 0) is 12.1 Å². The maximum atomic E-state index is 11.5. The van der Waals surface area contributed by atoms with E-state index in [4.69, 9.17) is 5.11 Å². The van der Waals surface area contributed by atoms with Crippen LogP contribution in [0.4, 0.5) is 0 Å². The summed E-state index contributed by atoms with van der Waals surface area (Å²) in [5.41, 5.74) is 0.312. The summed E-state index contributed by atoms with van der Waals surface area (Å²) in [6.45, 7) is 1.72. The van der Waals surface area contributed by atoms with Crippen molar-refractivity contribution >= 4 is 29.5 Å². The molecule has 0 aliphatic rings. The van der Waals surface area contributed by atoms with Crippen LogP contribution in [0.1, 0.15) is 23.8 Å². The van der Waals surface area contributed by atoms with Gasteiger partial charge in [0.05, 0.1) is 12.2 Å².